The molecule has 0 fully saturated rings. The third kappa shape index (κ3) is 3.57. The second-order valence-corrected chi connectivity index (χ2v) is 5.11. The number of hydrogen-bond donors (Lipinski definition) is 3. The summed E-state index contributed by atoms with van der Waals surface area (Å²) in [6.45, 7) is 0.555. The zero-order valence-corrected chi connectivity index (χ0v) is 12.2. The number of nitrogens with two attached hydrogens (primary N) is 1. The van der Waals surface area contributed by atoms with Crippen LogP contribution in [0.3, 0.4) is 0 Å². The van der Waals surface area contributed by atoms with Crippen LogP contribution in [-0.4, -0.2) is 16.0 Å². The Bertz CT molecular complexity index is 601. The van der Waals surface area contributed by atoms with Crippen molar-refractivity contribution in [1.29, 1.82) is 0 Å². The average molecular weight is 368 g/mol. The Labute approximate surface area is 124 Å². The van der Waals surface area contributed by atoms with Crippen LogP contribution < -0.4 is 11.1 Å². The molecule has 98 valence electrons. The van der Waals surface area contributed by atoms with E-state index in [4.69, 9.17) is 10.9 Å². The number of halogens is 1. The lowest BCUT2D eigenvalue weighted by atomic mass is 10.1. The van der Waals surface area contributed by atoms with Gasteiger partial charge in [-0.1, -0.05) is 17.3 Å². The van der Waals surface area contributed by atoms with Gasteiger partial charge in [0.05, 0.1) is 0 Å². The summed E-state index contributed by atoms with van der Waals surface area (Å²) in [5.74, 6) is 0.0139. The molecule has 0 aliphatic heterocycles. The minimum absolute atomic E-state index is 0.0139. The number of nitrogens with zero attached hydrogens (tertiary/aromatic N) is 2. The molecule has 2 rings (SSSR count). The van der Waals surface area contributed by atoms with E-state index in [2.05, 4.69) is 38.0 Å². The summed E-state index contributed by atoms with van der Waals surface area (Å²) in [6.07, 6.45) is 1.61. The van der Waals surface area contributed by atoms with Gasteiger partial charge in [-0.25, -0.2) is 0 Å². The van der Waals surface area contributed by atoms with Crippen LogP contribution in [0.2, 0.25) is 0 Å². The molecular formula is C13H13IN4O. The summed E-state index contributed by atoms with van der Waals surface area (Å²) < 4.78 is 1.16. The number of rotatable bonds is 4. The van der Waals surface area contributed by atoms with E-state index in [9.17, 15) is 0 Å². The van der Waals surface area contributed by atoms with E-state index in [1.54, 1.807) is 6.20 Å². The van der Waals surface area contributed by atoms with Crippen LogP contribution in [0.4, 0.5) is 5.69 Å². The number of aromatic nitrogens is 1. The zero-order chi connectivity index (χ0) is 13.7. The van der Waals surface area contributed by atoms with Crippen molar-refractivity contribution in [2.45, 2.75) is 6.54 Å². The van der Waals surface area contributed by atoms with Crippen molar-refractivity contribution in [1.82, 2.24) is 4.98 Å². The first-order chi connectivity index (χ1) is 9.20. The van der Waals surface area contributed by atoms with Crippen molar-refractivity contribution < 1.29 is 5.21 Å². The SMILES string of the molecule is NC(=NO)c1ncccc1CNc1cccc(I)c1. The summed E-state index contributed by atoms with van der Waals surface area (Å²) in [6, 6.07) is 11.7. The topological polar surface area (TPSA) is 83.5 Å². The second-order valence-electron chi connectivity index (χ2n) is 3.86. The number of oxime groups is 1. The third-order valence-electron chi connectivity index (χ3n) is 2.55. The molecule has 2 aromatic rings. The van der Waals surface area contributed by atoms with Gasteiger partial charge in [0.1, 0.15) is 5.69 Å². The highest BCUT2D eigenvalue weighted by Crippen LogP contribution is 2.14. The summed E-state index contributed by atoms with van der Waals surface area (Å²) in [4.78, 5) is 4.12. The molecule has 0 aliphatic rings. The van der Waals surface area contributed by atoms with Crippen LogP contribution in [0.5, 0.6) is 0 Å². The molecule has 0 amide bonds. The molecule has 0 atom stereocenters. The maximum Gasteiger partial charge on any atom is 0.189 e. The lowest BCUT2D eigenvalue weighted by Crippen LogP contribution is -2.18. The highest BCUT2D eigenvalue weighted by molar-refractivity contribution is 14.1. The minimum Gasteiger partial charge on any atom is -0.409 e. The van der Waals surface area contributed by atoms with Crippen molar-refractivity contribution in [3.8, 4) is 0 Å². The Hall–Kier alpha value is -1.83. The Morgan fingerprint density at radius 3 is 2.95 bits per heavy atom. The van der Waals surface area contributed by atoms with E-state index in [-0.39, 0.29) is 5.84 Å². The minimum atomic E-state index is 0.0139. The molecule has 1 aromatic carbocycles. The summed E-state index contributed by atoms with van der Waals surface area (Å²) in [5, 5.41) is 15.0. The van der Waals surface area contributed by atoms with Crippen molar-refractivity contribution in [3.05, 3.63) is 57.4 Å². The van der Waals surface area contributed by atoms with Crippen molar-refractivity contribution in [3.63, 3.8) is 0 Å². The van der Waals surface area contributed by atoms with Crippen molar-refractivity contribution in [2.75, 3.05) is 5.32 Å². The molecule has 1 heterocycles. The predicted molar refractivity (Wildman–Crippen MR) is 83.2 cm³/mol. The molecule has 0 bridgehead atoms. The fraction of sp³-hybridized carbons (Fsp3) is 0.0769. The van der Waals surface area contributed by atoms with Crippen LogP contribution in [0.1, 0.15) is 11.3 Å². The molecule has 6 heteroatoms. The standard InChI is InChI=1S/C13H13IN4O/c14-10-4-1-5-11(7-10)17-8-9-3-2-6-16-12(9)13(15)18-19/h1-7,17,19H,8H2,(H2,15,18). The largest absolute Gasteiger partial charge is 0.409 e. The summed E-state index contributed by atoms with van der Waals surface area (Å²) in [5.41, 5.74) is 7.97. The fourth-order valence-corrected chi connectivity index (χ4v) is 2.20. The van der Waals surface area contributed by atoms with Gasteiger partial charge in [-0.2, -0.15) is 0 Å². The molecule has 4 N–H and O–H groups in total. The van der Waals surface area contributed by atoms with Crippen LogP contribution in [0.15, 0.2) is 47.8 Å². The molecule has 5 nitrogen and oxygen atoms in total. The van der Waals surface area contributed by atoms with Gasteiger partial charge in [0.25, 0.3) is 0 Å². The maximum atomic E-state index is 8.74. The van der Waals surface area contributed by atoms with Gasteiger partial charge in [-0.3, -0.25) is 4.98 Å². The Morgan fingerprint density at radius 2 is 2.21 bits per heavy atom. The molecular weight excluding hydrogens is 355 g/mol. The van der Waals surface area contributed by atoms with E-state index in [1.165, 1.54) is 0 Å². The molecule has 0 aliphatic carbocycles. The van der Waals surface area contributed by atoms with Gasteiger partial charge in [-0.05, 0) is 46.9 Å². The van der Waals surface area contributed by atoms with Crippen molar-refractivity contribution in [2.24, 2.45) is 10.9 Å². The molecule has 0 saturated heterocycles. The molecule has 0 radical (unpaired) electrons. The zero-order valence-electron chi connectivity index (χ0n) is 10.0. The maximum absolute atomic E-state index is 8.74. The van der Waals surface area contributed by atoms with Crippen LogP contribution in [-0.2, 0) is 6.54 Å². The fourth-order valence-electron chi connectivity index (χ4n) is 1.65. The Kier molecular flexibility index (Phi) is 4.56. The lowest BCUT2D eigenvalue weighted by molar-refractivity contribution is 0.318. The first kappa shape index (κ1) is 13.6. The number of amidine groups is 1. The van der Waals surface area contributed by atoms with E-state index in [0.717, 1.165) is 14.8 Å². The first-order valence-electron chi connectivity index (χ1n) is 5.62. The number of nitrogens with one attached hydrogen (secondary N) is 1. The monoisotopic (exact) mass is 368 g/mol. The van der Waals surface area contributed by atoms with Crippen molar-refractivity contribution >= 4 is 34.1 Å². The Morgan fingerprint density at radius 1 is 1.37 bits per heavy atom. The van der Waals surface area contributed by atoms with E-state index in [1.807, 2.05) is 36.4 Å². The number of hydrogen-bond acceptors (Lipinski definition) is 4. The molecule has 0 unspecified atom stereocenters. The van der Waals surface area contributed by atoms with Crippen LogP contribution >= 0.6 is 22.6 Å². The lowest BCUT2D eigenvalue weighted by Gasteiger charge is -2.09. The highest BCUT2D eigenvalue weighted by atomic mass is 127. The molecule has 1 aromatic heterocycles. The normalized spacial score (nSPS) is 11.3. The number of anilines is 1. The average Bonchev–Trinajstić information content (AvgIpc) is 2.45. The van der Waals surface area contributed by atoms with Crippen LogP contribution in [0.25, 0.3) is 0 Å². The number of benzene rings is 1. The van der Waals surface area contributed by atoms with Gasteiger partial charge in [0.15, 0.2) is 5.84 Å². The first-order valence-corrected chi connectivity index (χ1v) is 6.70. The number of pyridine rings is 1. The predicted octanol–water partition coefficient (Wildman–Crippen LogP) is 2.39. The van der Waals surface area contributed by atoms with E-state index >= 15 is 0 Å². The smallest absolute Gasteiger partial charge is 0.189 e. The Balaban J connectivity index is 2.16. The molecule has 19 heavy (non-hydrogen) atoms. The van der Waals surface area contributed by atoms with E-state index in [0.29, 0.717) is 12.2 Å². The van der Waals surface area contributed by atoms with Gasteiger partial charge < -0.3 is 16.3 Å². The second kappa shape index (κ2) is 6.37. The van der Waals surface area contributed by atoms with Gasteiger partial charge in [-0.15, -0.1) is 0 Å². The molecule has 0 saturated carbocycles. The quantitative estimate of drug-likeness (QED) is 0.254. The highest BCUT2D eigenvalue weighted by Gasteiger charge is 2.07. The van der Waals surface area contributed by atoms with E-state index < -0.39 is 0 Å². The summed E-state index contributed by atoms with van der Waals surface area (Å²) >= 11 is 2.26. The summed E-state index contributed by atoms with van der Waals surface area (Å²) in [7, 11) is 0. The van der Waals surface area contributed by atoms with Crippen LogP contribution in [0, 0.1) is 3.57 Å². The van der Waals surface area contributed by atoms with Gasteiger partial charge >= 0.3 is 0 Å². The van der Waals surface area contributed by atoms with Gasteiger partial charge in [0, 0.05) is 27.6 Å². The third-order valence-corrected chi connectivity index (χ3v) is 3.22. The van der Waals surface area contributed by atoms with Gasteiger partial charge in [0.2, 0.25) is 0 Å². The molecule has 0 spiro atoms.